The zero-order valence-corrected chi connectivity index (χ0v) is 25.2. The quantitative estimate of drug-likeness (QED) is 0.223. The van der Waals surface area contributed by atoms with Crippen LogP contribution < -0.4 is 5.32 Å². The molecule has 4 aromatic rings. The highest BCUT2D eigenvalue weighted by Gasteiger charge is 2.53. The average molecular weight is 590 g/mol. The maximum atomic E-state index is 13.2. The number of carbonyl (C=O) groups excluding carboxylic acids is 2. The second kappa shape index (κ2) is 11.7. The number of aromatic nitrogens is 4. The van der Waals surface area contributed by atoms with Crippen LogP contribution in [0.2, 0.25) is 18.1 Å². The molecule has 1 amide bonds. The van der Waals surface area contributed by atoms with Crippen molar-refractivity contribution in [2.45, 2.75) is 63.4 Å². The molecule has 0 spiro atoms. The Balaban J connectivity index is 1.52. The molecule has 2 N–H and O–H groups in total. The molecule has 3 heterocycles. The predicted octanol–water partition coefficient (Wildman–Crippen LogP) is 4.58. The number of esters is 1. The number of hydrogen-bond donors (Lipinski definition) is 2. The van der Waals surface area contributed by atoms with E-state index < -0.39 is 45.4 Å². The lowest BCUT2D eigenvalue weighted by Crippen LogP contribution is -2.49. The molecule has 42 heavy (non-hydrogen) atoms. The van der Waals surface area contributed by atoms with Gasteiger partial charge >= 0.3 is 5.97 Å². The Hall–Kier alpha value is -3.97. The molecule has 1 unspecified atom stereocenters. The fourth-order valence-corrected chi connectivity index (χ4v) is 5.81. The number of fused-ring (bicyclic) bond motifs is 1. The van der Waals surface area contributed by atoms with Gasteiger partial charge in [-0.3, -0.25) is 9.36 Å². The van der Waals surface area contributed by atoms with Crippen molar-refractivity contribution in [2.75, 3.05) is 11.9 Å². The summed E-state index contributed by atoms with van der Waals surface area (Å²) in [4.78, 5) is 39.2. The van der Waals surface area contributed by atoms with E-state index in [-0.39, 0.29) is 16.8 Å². The second-order valence-corrected chi connectivity index (χ2v) is 16.4. The summed E-state index contributed by atoms with van der Waals surface area (Å²) in [6.45, 7) is 10.1. The monoisotopic (exact) mass is 589 g/mol. The zero-order valence-electron chi connectivity index (χ0n) is 24.2. The minimum atomic E-state index is -2.45. The van der Waals surface area contributed by atoms with Gasteiger partial charge < -0.3 is 24.3 Å². The van der Waals surface area contributed by atoms with Gasteiger partial charge in [0.1, 0.15) is 18.5 Å². The van der Waals surface area contributed by atoms with Crippen LogP contribution in [0, 0.1) is 0 Å². The van der Waals surface area contributed by atoms with Crippen LogP contribution in [-0.2, 0) is 13.9 Å². The predicted molar refractivity (Wildman–Crippen MR) is 158 cm³/mol. The van der Waals surface area contributed by atoms with Crippen molar-refractivity contribution in [1.29, 1.82) is 0 Å². The SMILES string of the molecule is CC(C)(C)[Si](C)(C)O[C@H]1C(OC(=O)c2ccccc2)[C@@H](CO)O[C@H]1n1cnc2c(NC(=O)c3ccccc3)ncnc21. The third-order valence-electron chi connectivity index (χ3n) is 7.86. The summed E-state index contributed by atoms with van der Waals surface area (Å²) in [5.74, 6) is -0.649. The highest BCUT2D eigenvalue weighted by Crippen LogP contribution is 2.43. The highest BCUT2D eigenvalue weighted by molar-refractivity contribution is 6.74. The molecule has 1 aliphatic heterocycles. The molecule has 12 heteroatoms. The van der Waals surface area contributed by atoms with Crippen molar-refractivity contribution in [3.05, 3.63) is 84.4 Å². The van der Waals surface area contributed by atoms with Crippen LogP contribution in [0.1, 0.15) is 47.7 Å². The first-order chi connectivity index (χ1) is 20.0. The molecule has 220 valence electrons. The number of amides is 1. The number of aliphatic hydroxyl groups excluding tert-OH is 1. The minimum absolute atomic E-state index is 0.170. The Morgan fingerprint density at radius 3 is 2.24 bits per heavy atom. The molecule has 0 aliphatic carbocycles. The largest absolute Gasteiger partial charge is 0.453 e. The van der Waals surface area contributed by atoms with Gasteiger partial charge in [-0.05, 0) is 42.4 Å². The van der Waals surface area contributed by atoms with E-state index in [4.69, 9.17) is 13.9 Å². The number of anilines is 1. The number of benzene rings is 2. The van der Waals surface area contributed by atoms with E-state index in [1.54, 1.807) is 53.1 Å². The number of hydrogen-bond acceptors (Lipinski definition) is 9. The minimum Gasteiger partial charge on any atom is -0.453 e. The maximum Gasteiger partial charge on any atom is 0.338 e. The Kier molecular flexibility index (Phi) is 8.24. The molecule has 5 rings (SSSR count). The lowest BCUT2D eigenvalue weighted by Gasteiger charge is -2.40. The number of aliphatic hydroxyl groups is 1. The molecule has 0 radical (unpaired) electrons. The van der Waals surface area contributed by atoms with Crippen molar-refractivity contribution in [3.63, 3.8) is 0 Å². The molecule has 4 atom stereocenters. The number of nitrogens with one attached hydrogen (secondary N) is 1. The topological polar surface area (TPSA) is 138 Å². The summed E-state index contributed by atoms with van der Waals surface area (Å²) in [6.07, 6.45) is -0.559. The van der Waals surface area contributed by atoms with E-state index in [0.29, 0.717) is 22.3 Å². The Morgan fingerprint density at radius 2 is 1.62 bits per heavy atom. The molecule has 1 saturated heterocycles. The van der Waals surface area contributed by atoms with Gasteiger partial charge in [-0.25, -0.2) is 19.7 Å². The molecule has 11 nitrogen and oxygen atoms in total. The smallest absolute Gasteiger partial charge is 0.338 e. The molecule has 0 bridgehead atoms. The van der Waals surface area contributed by atoms with E-state index in [2.05, 4.69) is 54.1 Å². The summed E-state index contributed by atoms with van der Waals surface area (Å²) < 4.78 is 20.8. The summed E-state index contributed by atoms with van der Waals surface area (Å²) >= 11 is 0. The van der Waals surface area contributed by atoms with Crippen LogP contribution in [0.25, 0.3) is 11.2 Å². The van der Waals surface area contributed by atoms with Crippen LogP contribution in [0.3, 0.4) is 0 Å². The van der Waals surface area contributed by atoms with Crippen LogP contribution in [0.4, 0.5) is 5.82 Å². The van der Waals surface area contributed by atoms with Crippen molar-refractivity contribution in [3.8, 4) is 0 Å². The second-order valence-electron chi connectivity index (χ2n) is 11.7. The van der Waals surface area contributed by atoms with Crippen molar-refractivity contribution in [2.24, 2.45) is 0 Å². The summed E-state index contributed by atoms with van der Waals surface area (Å²) in [5.41, 5.74) is 1.58. The molecule has 0 saturated carbocycles. The fourth-order valence-electron chi connectivity index (χ4n) is 4.53. The number of imidazole rings is 1. The average Bonchev–Trinajstić information content (AvgIpc) is 3.55. The lowest BCUT2D eigenvalue weighted by molar-refractivity contribution is -0.0522. The molecule has 1 fully saturated rings. The fraction of sp³-hybridized carbons (Fsp3) is 0.367. The standard InChI is InChI=1S/C30H35N5O6Si/c1-30(2,3)42(4,5)41-24-23(40-29(38)20-14-10-7-11-15-20)21(16-36)39-28(24)35-18-33-22-25(31-17-32-26(22)35)34-27(37)19-12-8-6-9-13-19/h6-15,17-18,21,23-24,28,36H,16H2,1-5H3,(H,31,32,34,37)/t21-,23?,24+,28-/m1/s1. The van der Waals surface area contributed by atoms with Crippen LogP contribution in [-0.4, -0.2) is 69.7 Å². The van der Waals surface area contributed by atoms with Gasteiger partial charge in [-0.2, -0.15) is 0 Å². The zero-order chi connectivity index (χ0) is 30.1. The van der Waals surface area contributed by atoms with Gasteiger partial charge in [0.25, 0.3) is 5.91 Å². The first kappa shape index (κ1) is 29.5. The number of nitrogens with zero attached hydrogens (tertiary/aromatic N) is 4. The molecular formula is C30H35N5O6Si. The van der Waals surface area contributed by atoms with Crippen LogP contribution in [0.5, 0.6) is 0 Å². The molecule has 1 aliphatic rings. The normalized spacial score (nSPS) is 20.9. The highest BCUT2D eigenvalue weighted by atomic mass is 28.4. The first-order valence-electron chi connectivity index (χ1n) is 13.7. The Morgan fingerprint density at radius 1 is 0.976 bits per heavy atom. The van der Waals surface area contributed by atoms with E-state index in [0.717, 1.165) is 0 Å². The lowest BCUT2D eigenvalue weighted by atomic mass is 10.1. The van der Waals surface area contributed by atoms with Gasteiger partial charge in [0.05, 0.1) is 18.5 Å². The van der Waals surface area contributed by atoms with Crippen molar-refractivity contribution < 1.29 is 28.6 Å². The molecular weight excluding hydrogens is 554 g/mol. The van der Waals surface area contributed by atoms with Crippen molar-refractivity contribution in [1.82, 2.24) is 19.5 Å². The van der Waals surface area contributed by atoms with Gasteiger partial charge in [0, 0.05) is 5.56 Å². The Bertz CT molecular complexity index is 1560. The van der Waals surface area contributed by atoms with E-state index in [1.165, 1.54) is 12.7 Å². The number of ether oxygens (including phenoxy) is 2. The van der Waals surface area contributed by atoms with Gasteiger partial charge in [0.2, 0.25) is 0 Å². The van der Waals surface area contributed by atoms with Gasteiger partial charge in [-0.15, -0.1) is 0 Å². The van der Waals surface area contributed by atoms with Gasteiger partial charge in [0.15, 0.2) is 37.6 Å². The van der Waals surface area contributed by atoms with E-state index in [1.807, 2.05) is 12.1 Å². The van der Waals surface area contributed by atoms with E-state index in [9.17, 15) is 14.7 Å². The molecule has 2 aromatic carbocycles. The molecule has 2 aromatic heterocycles. The summed E-state index contributed by atoms with van der Waals surface area (Å²) in [6, 6.07) is 17.4. The number of carbonyl (C=O) groups is 2. The van der Waals surface area contributed by atoms with Crippen LogP contribution in [0.15, 0.2) is 73.3 Å². The summed E-state index contributed by atoms with van der Waals surface area (Å²) in [5, 5.41) is 13.0. The Labute approximate surface area is 245 Å². The summed E-state index contributed by atoms with van der Waals surface area (Å²) in [7, 11) is -2.45. The van der Waals surface area contributed by atoms with Crippen LogP contribution >= 0.6 is 0 Å². The van der Waals surface area contributed by atoms with Crippen molar-refractivity contribution >= 4 is 37.2 Å². The van der Waals surface area contributed by atoms with Gasteiger partial charge in [-0.1, -0.05) is 57.2 Å². The first-order valence-corrected chi connectivity index (χ1v) is 16.6. The third-order valence-corrected chi connectivity index (χ3v) is 12.3. The third kappa shape index (κ3) is 5.84. The maximum absolute atomic E-state index is 13.2. The number of rotatable bonds is 8. The van der Waals surface area contributed by atoms with E-state index >= 15 is 0 Å².